The minimum Gasteiger partial charge on any atom is -0.381 e. The largest absolute Gasteiger partial charge is 0.381 e. The monoisotopic (exact) mass is 706 g/mol. The first kappa shape index (κ1) is 34.9. The molecule has 7 rings (SSSR count). The molecule has 0 unspecified atom stereocenters. The Morgan fingerprint density at radius 1 is 0.824 bits per heavy atom. The number of benzene rings is 4. The molecule has 3 aliphatic rings. The second-order valence-corrected chi connectivity index (χ2v) is 15.5. The number of rotatable bonds is 9. The molecule has 0 spiro atoms. The lowest BCUT2D eigenvalue weighted by atomic mass is 10.00. The van der Waals surface area contributed by atoms with E-state index in [0.29, 0.717) is 28.6 Å². The summed E-state index contributed by atoms with van der Waals surface area (Å²) in [6, 6.07) is 29.6. The maximum atomic E-state index is 14.1. The standard InChI is InChI=1S/C41H46N4O5S/c1-30-3-14-39(15-4-30)51(47,48)45-20-17-34(41(46)42-36-10-5-31(6-11-36)29-43(2)37-18-23-49-24-19-37)28-35-27-33(9-16-40(35)45)32-7-12-38(13-8-32)44-21-25-50-26-22-44/h3-16,27-28,37H,17-26,29H2,1-2H3,(H,42,46). The Labute approximate surface area is 301 Å². The molecule has 10 heteroatoms. The van der Waals surface area contributed by atoms with Crippen LogP contribution in [0.2, 0.25) is 0 Å². The third-order valence-corrected chi connectivity index (χ3v) is 12.0. The molecular weight excluding hydrogens is 661 g/mol. The van der Waals surface area contributed by atoms with Gasteiger partial charge in [0.2, 0.25) is 0 Å². The zero-order chi connectivity index (χ0) is 35.4. The molecule has 9 nitrogen and oxygen atoms in total. The van der Waals surface area contributed by atoms with Gasteiger partial charge >= 0.3 is 0 Å². The lowest BCUT2D eigenvalue weighted by molar-refractivity contribution is -0.112. The molecule has 51 heavy (non-hydrogen) atoms. The number of amides is 1. The Hall–Kier alpha value is -4.48. The van der Waals surface area contributed by atoms with Gasteiger partial charge in [-0.1, -0.05) is 48.0 Å². The predicted octanol–water partition coefficient (Wildman–Crippen LogP) is 6.73. The fourth-order valence-corrected chi connectivity index (χ4v) is 8.57. The highest BCUT2D eigenvalue weighted by atomic mass is 32.2. The van der Waals surface area contributed by atoms with E-state index in [-0.39, 0.29) is 23.8 Å². The van der Waals surface area contributed by atoms with Crippen molar-refractivity contribution in [3.63, 3.8) is 0 Å². The molecule has 2 saturated heterocycles. The van der Waals surface area contributed by atoms with Gasteiger partial charge in [-0.25, -0.2) is 8.42 Å². The van der Waals surface area contributed by atoms with E-state index < -0.39 is 10.0 Å². The molecule has 1 N–H and O–H groups in total. The van der Waals surface area contributed by atoms with E-state index in [9.17, 15) is 13.2 Å². The van der Waals surface area contributed by atoms with Gasteiger partial charge in [0.15, 0.2) is 0 Å². The van der Waals surface area contributed by atoms with Crippen LogP contribution >= 0.6 is 0 Å². The minimum atomic E-state index is -3.90. The summed E-state index contributed by atoms with van der Waals surface area (Å²) in [4.78, 5) is 18.7. The summed E-state index contributed by atoms with van der Waals surface area (Å²) < 4.78 is 40.7. The van der Waals surface area contributed by atoms with Gasteiger partial charge < -0.3 is 19.7 Å². The van der Waals surface area contributed by atoms with Gasteiger partial charge in [0.25, 0.3) is 15.9 Å². The van der Waals surface area contributed by atoms with E-state index in [1.807, 2.05) is 43.3 Å². The Morgan fingerprint density at radius 2 is 1.49 bits per heavy atom. The van der Waals surface area contributed by atoms with Crippen LogP contribution in [0.4, 0.5) is 17.1 Å². The van der Waals surface area contributed by atoms with Crippen LogP contribution in [0.1, 0.15) is 36.0 Å². The number of ether oxygens (including phenoxy) is 2. The van der Waals surface area contributed by atoms with Gasteiger partial charge in [-0.15, -0.1) is 0 Å². The summed E-state index contributed by atoms with van der Waals surface area (Å²) in [6.07, 6.45) is 4.17. The SMILES string of the molecule is Cc1ccc(S(=O)(=O)N2CCC(C(=O)Nc3ccc(CN(C)C4CCOCC4)cc3)=Cc3cc(-c4ccc(N5CCOCC5)cc4)ccc32)cc1. The Kier molecular flexibility index (Phi) is 10.6. The zero-order valence-electron chi connectivity index (χ0n) is 29.4. The summed E-state index contributed by atoms with van der Waals surface area (Å²) in [5.74, 6) is -0.247. The molecule has 0 radical (unpaired) electrons. The maximum absolute atomic E-state index is 14.1. The van der Waals surface area contributed by atoms with Crippen LogP contribution in [0.5, 0.6) is 0 Å². The number of hydrogen-bond donors (Lipinski definition) is 1. The van der Waals surface area contributed by atoms with Crippen LogP contribution in [-0.2, 0) is 30.8 Å². The molecule has 2 fully saturated rings. The Morgan fingerprint density at radius 3 is 2.20 bits per heavy atom. The highest BCUT2D eigenvalue weighted by Gasteiger charge is 2.30. The molecule has 4 aromatic rings. The fourth-order valence-electron chi connectivity index (χ4n) is 7.08. The molecule has 3 aliphatic heterocycles. The second kappa shape index (κ2) is 15.4. The van der Waals surface area contributed by atoms with E-state index in [1.165, 1.54) is 9.87 Å². The topological polar surface area (TPSA) is 91.4 Å². The van der Waals surface area contributed by atoms with E-state index in [4.69, 9.17) is 9.47 Å². The number of aryl methyl sites for hydroxylation is 1. The quantitative estimate of drug-likeness (QED) is 0.207. The molecule has 0 saturated carbocycles. The second-order valence-electron chi connectivity index (χ2n) is 13.6. The number of nitrogens with one attached hydrogen (secondary N) is 1. The normalized spacial score (nSPS) is 17.1. The Bertz CT molecular complexity index is 1970. The van der Waals surface area contributed by atoms with Crippen LogP contribution in [0.25, 0.3) is 17.2 Å². The number of carbonyl (C=O) groups is 1. The first-order chi connectivity index (χ1) is 24.7. The number of fused-ring (bicyclic) bond motifs is 1. The van der Waals surface area contributed by atoms with Crippen molar-refractivity contribution in [2.45, 2.75) is 43.7 Å². The molecule has 0 atom stereocenters. The molecular formula is C41H46N4O5S. The third kappa shape index (κ3) is 8.05. The number of anilines is 3. The van der Waals surface area contributed by atoms with E-state index in [0.717, 1.165) is 81.3 Å². The van der Waals surface area contributed by atoms with Gasteiger partial charge in [-0.2, -0.15) is 0 Å². The van der Waals surface area contributed by atoms with Crippen LogP contribution < -0.4 is 14.5 Å². The van der Waals surface area contributed by atoms with Gasteiger partial charge in [0.05, 0.1) is 23.8 Å². The lowest BCUT2D eigenvalue weighted by Crippen LogP contribution is -2.36. The number of hydrogen-bond acceptors (Lipinski definition) is 7. The summed E-state index contributed by atoms with van der Waals surface area (Å²) >= 11 is 0. The average molecular weight is 707 g/mol. The molecule has 266 valence electrons. The summed E-state index contributed by atoms with van der Waals surface area (Å²) in [5, 5.41) is 3.07. The molecule has 3 heterocycles. The first-order valence-corrected chi connectivity index (χ1v) is 19.2. The minimum absolute atomic E-state index is 0.132. The molecule has 0 bridgehead atoms. The van der Waals surface area contributed by atoms with Crippen LogP contribution in [0.3, 0.4) is 0 Å². The van der Waals surface area contributed by atoms with Crippen molar-refractivity contribution in [2.75, 3.05) is 67.6 Å². The number of sulfonamides is 1. The summed E-state index contributed by atoms with van der Waals surface area (Å²) in [7, 11) is -1.75. The van der Waals surface area contributed by atoms with E-state index in [1.54, 1.807) is 24.3 Å². The lowest BCUT2D eigenvalue weighted by Gasteiger charge is -2.31. The van der Waals surface area contributed by atoms with Crippen molar-refractivity contribution in [3.05, 3.63) is 113 Å². The van der Waals surface area contributed by atoms with Gasteiger partial charge in [-0.05, 0) is 110 Å². The smallest absolute Gasteiger partial charge is 0.264 e. The fraction of sp³-hybridized carbons (Fsp3) is 0.341. The van der Waals surface area contributed by atoms with Gasteiger partial charge in [0.1, 0.15) is 0 Å². The van der Waals surface area contributed by atoms with Crippen molar-refractivity contribution in [1.29, 1.82) is 0 Å². The van der Waals surface area contributed by atoms with Gasteiger partial charge in [-0.3, -0.25) is 14.0 Å². The van der Waals surface area contributed by atoms with Crippen molar-refractivity contribution in [3.8, 4) is 11.1 Å². The van der Waals surface area contributed by atoms with Crippen molar-refractivity contribution in [1.82, 2.24) is 4.90 Å². The van der Waals surface area contributed by atoms with Crippen LogP contribution in [0.15, 0.2) is 101 Å². The zero-order valence-corrected chi connectivity index (χ0v) is 30.2. The molecule has 4 aromatic carbocycles. The van der Waals surface area contributed by atoms with Crippen molar-refractivity contribution in [2.24, 2.45) is 0 Å². The highest BCUT2D eigenvalue weighted by molar-refractivity contribution is 7.92. The number of morpholine rings is 1. The van der Waals surface area contributed by atoms with Crippen LogP contribution in [0, 0.1) is 6.92 Å². The van der Waals surface area contributed by atoms with Crippen molar-refractivity contribution < 1.29 is 22.7 Å². The van der Waals surface area contributed by atoms with E-state index in [2.05, 4.69) is 58.6 Å². The average Bonchev–Trinajstić information content (AvgIpc) is 3.37. The first-order valence-electron chi connectivity index (χ1n) is 17.8. The molecule has 0 aliphatic carbocycles. The highest BCUT2D eigenvalue weighted by Crippen LogP contribution is 2.36. The Balaban J connectivity index is 1.15. The molecule has 0 aromatic heterocycles. The summed E-state index contributed by atoms with van der Waals surface area (Å²) in [6.45, 7) is 7.65. The number of nitrogens with zero attached hydrogens (tertiary/aromatic N) is 3. The maximum Gasteiger partial charge on any atom is 0.264 e. The van der Waals surface area contributed by atoms with Gasteiger partial charge in [0, 0.05) is 62.4 Å². The summed E-state index contributed by atoms with van der Waals surface area (Å²) in [5.41, 5.74) is 7.68. The van der Waals surface area contributed by atoms with Crippen molar-refractivity contribution >= 4 is 39.1 Å². The predicted molar refractivity (Wildman–Crippen MR) is 204 cm³/mol. The third-order valence-electron chi connectivity index (χ3n) is 10.1. The molecule has 1 amide bonds. The van der Waals surface area contributed by atoms with E-state index >= 15 is 0 Å². The van der Waals surface area contributed by atoms with Crippen LogP contribution in [-0.4, -0.2) is 78.4 Å². The number of carbonyl (C=O) groups excluding carboxylic acids is 1.